The molecule has 0 aromatic carbocycles. The van der Waals surface area contributed by atoms with Crippen LogP contribution in [0.2, 0.25) is 0 Å². The van der Waals surface area contributed by atoms with Crippen LogP contribution in [0, 0.1) is 11.8 Å². The van der Waals surface area contributed by atoms with Crippen LogP contribution in [-0.4, -0.2) is 42.0 Å². The number of hydrogen-bond donors (Lipinski definition) is 1. The molecule has 0 radical (unpaired) electrons. The quantitative estimate of drug-likeness (QED) is 0.902. The van der Waals surface area contributed by atoms with E-state index in [1.54, 1.807) is 6.20 Å². The number of rotatable bonds is 3. The summed E-state index contributed by atoms with van der Waals surface area (Å²) in [5.41, 5.74) is 1.15. The molecule has 2 aliphatic heterocycles. The normalized spacial score (nSPS) is 24.7. The number of carbonyl (C=O) groups excluding carboxylic acids is 1. The molecule has 4 nitrogen and oxygen atoms in total. The molecule has 3 heterocycles. The molecule has 3 atom stereocenters. The Balaban J connectivity index is 0.00000132. The van der Waals surface area contributed by atoms with Gasteiger partial charge in [0.25, 0.3) is 0 Å². The molecule has 0 saturated carbocycles. The molecular weight excluding hydrogens is 333 g/mol. The second kappa shape index (κ2) is 9.45. The predicted octanol–water partition coefficient (Wildman–Crippen LogP) is 2.88. The molecule has 23 heavy (non-hydrogen) atoms. The molecule has 1 aromatic rings. The highest BCUT2D eigenvalue weighted by molar-refractivity contribution is 5.85. The van der Waals surface area contributed by atoms with E-state index in [1.807, 2.05) is 12.3 Å². The maximum atomic E-state index is 12.5. The van der Waals surface area contributed by atoms with Crippen LogP contribution in [0.25, 0.3) is 0 Å². The molecule has 0 spiro atoms. The minimum Gasteiger partial charge on any atom is -0.343 e. The molecule has 1 unspecified atom stereocenters. The Kier molecular flexibility index (Phi) is 8.31. The molecule has 2 saturated heterocycles. The molecule has 1 N–H and O–H groups in total. The summed E-state index contributed by atoms with van der Waals surface area (Å²) in [7, 11) is 0. The summed E-state index contributed by atoms with van der Waals surface area (Å²) in [6.45, 7) is 6.26. The van der Waals surface area contributed by atoms with Crippen LogP contribution in [0.1, 0.15) is 37.7 Å². The van der Waals surface area contributed by atoms with Crippen molar-refractivity contribution >= 4 is 30.7 Å². The molecule has 1 aromatic heterocycles. The second-order valence-electron chi connectivity index (χ2n) is 6.53. The highest BCUT2D eigenvalue weighted by atomic mass is 35.5. The van der Waals surface area contributed by atoms with Crippen molar-refractivity contribution in [3.63, 3.8) is 0 Å². The lowest BCUT2D eigenvalue weighted by Crippen LogP contribution is -2.33. The zero-order chi connectivity index (χ0) is 14.7. The lowest BCUT2D eigenvalue weighted by molar-refractivity contribution is -0.131. The average Bonchev–Trinajstić information content (AvgIpc) is 2.86. The van der Waals surface area contributed by atoms with Gasteiger partial charge in [-0.3, -0.25) is 9.78 Å². The average molecular weight is 360 g/mol. The second-order valence-corrected chi connectivity index (χ2v) is 6.53. The zero-order valence-corrected chi connectivity index (χ0v) is 15.2. The number of halogens is 2. The van der Waals surface area contributed by atoms with Crippen molar-refractivity contribution in [1.82, 2.24) is 15.2 Å². The number of pyridine rings is 1. The van der Waals surface area contributed by atoms with E-state index < -0.39 is 0 Å². The SMILES string of the molecule is CC(CC(=O)N1CC[C@@H]2CNC[C@@H]2CC1)c1cccnc1.Cl.Cl. The Hall–Kier alpha value is -0.840. The van der Waals surface area contributed by atoms with Crippen LogP contribution >= 0.6 is 24.8 Å². The van der Waals surface area contributed by atoms with Crippen molar-refractivity contribution in [2.45, 2.75) is 32.1 Å². The monoisotopic (exact) mass is 359 g/mol. The Labute approximate surface area is 151 Å². The third-order valence-corrected chi connectivity index (χ3v) is 5.11. The van der Waals surface area contributed by atoms with Crippen LogP contribution in [0.15, 0.2) is 24.5 Å². The third-order valence-electron chi connectivity index (χ3n) is 5.11. The molecule has 3 rings (SSSR count). The van der Waals surface area contributed by atoms with Crippen LogP contribution in [0.3, 0.4) is 0 Å². The molecule has 1 amide bonds. The lowest BCUT2D eigenvalue weighted by Gasteiger charge is -2.23. The number of nitrogens with zero attached hydrogens (tertiary/aromatic N) is 2. The van der Waals surface area contributed by atoms with Gasteiger partial charge < -0.3 is 10.2 Å². The first-order valence-corrected chi connectivity index (χ1v) is 8.12. The standard InChI is InChI=1S/C17H25N3O.2ClH/c1-13(14-3-2-6-18-10-14)9-17(21)20-7-4-15-11-19-12-16(15)5-8-20;;/h2-3,6,10,13,15-16,19H,4-5,7-9,11-12H2,1H3;2*1H/t13?,15-,16+;;. The van der Waals surface area contributed by atoms with E-state index in [-0.39, 0.29) is 30.7 Å². The number of hydrogen-bond acceptors (Lipinski definition) is 3. The van der Waals surface area contributed by atoms with Crippen LogP contribution < -0.4 is 5.32 Å². The van der Waals surface area contributed by atoms with Crippen molar-refractivity contribution < 1.29 is 4.79 Å². The van der Waals surface area contributed by atoms with E-state index in [1.165, 1.54) is 0 Å². The minimum atomic E-state index is 0. The molecule has 0 aliphatic carbocycles. The molecule has 6 heteroatoms. The largest absolute Gasteiger partial charge is 0.343 e. The first kappa shape index (κ1) is 20.2. The van der Waals surface area contributed by atoms with Crippen LogP contribution in [-0.2, 0) is 4.79 Å². The fourth-order valence-corrected chi connectivity index (χ4v) is 3.64. The van der Waals surface area contributed by atoms with Gasteiger partial charge in [0.1, 0.15) is 0 Å². The first-order chi connectivity index (χ1) is 10.2. The first-order valence-electron chi connectivity index (χ1n) is 8.12. The maximum Gasteiger partial charge on any atom is 0.223 e. The summed E-state index contributed by atoms with van der Waals surface area (Å²) in [6.07, 6.45) is 6.56. The van der Waals surface area contributed by atoms with Gasteiger partial charge in [-0.15, -0.1) is 24.8 Å². The number of likely N-dealkylation sites (tertiary alicyclic amines) is 1. The highest BCUT2D eigenvalue weighted by Gasteiger charge is 2.31. The Morgan fingerprint density at radius 1 is 1.30 bits per heavy atom. The van der Waals surface area contributed by atoms with Crippen molar-refractivity contribution in [3.8, 4) is 0 Å². The minimum absolute atomic E-state index is 0. The van der Waals surface area contributed by atoms with Gasteiger partial charge >= 0.3 is 0 Å². The summed E-state index contributed by atoms with van der Waals surface area (Å²) in [5, 5.41) is 3.48. The van der Waals surface area contributed by atoms with Gasteiger partial charge in [0.05, 0.1) is 0 Å². The van der Waals surface area contributed by atoms with E-state index >= 15 is 0 Å². The number of amides is 1. The number of nitrogens with one attached hydrogen (secondary N) is 1. The Morgan fingerprint density at radius 3 is 2.52 bits per heavy atom. The van der Waals surface area contributed by atoms with Gasteiger partial charge in [0.2, 0.25) is 5.91 Å². The number of aromatic nitrogens is 1. The predicted molar refractivity (Wildman–Crippen MR) is 97.4 cm³/mol. The van der Waals surface area contributed by atoms with E-state index in [0.29, 0.717) is 12.3 Å². The topological polar surface area (TPSA) is 45.2 Å². The Bertz CT molecular complexity index is 472. The fourth-order valence-electron chi connectivity index (χ4n) is 3.64. The molecule has 0 bridgehead atoms. The van der Waals surface area contributed by atoms with Crippen molar-refractivity contribution in [2.75, 3.05) is 26.2 Å². The molecular formula is C17H27Cl2N3O. The molecule has 2 aliphatic rings. The lowest BCUT2D eigenvalue weighted by atomic mass is 9.92. The van der Waals surface area contributed by atoms with Gasteiger partial charge in [-0.2, -0.15) is 0 Å². The third kappa shape index (κ3) is 5.07. The summed E-state index contributed by atoms with van der Waals surface area (Å²) >= 11 is 0. The summed E-state index contributed by atoms with van der Waals surface area (Å²) in [4.78, 5) is 18.8. The van der Waals surface area contributed by atoms with Crippen molar-refractivity contribution in [3.05, 3.63) is 30.1 Å². The van der Waals surface area contributed by atoms with Gasteiger partial charge in [0.15, 0.2) is 0 Å². The summed E-state index contributed by atoms with van der Waals surface area (Å²) in [5.74, 6) is 2.10. The van der Waals surface area contributed by atoms with Gasteiger partial charge in [-0.05, 0) is 55.3 Å². The van der Waals surface area contributed by atoms with Gasteiger partial charge in [0, 0.05) is 31.9 Å². The van der Waals surface area contributed by atoms with E-state index in [9.17, 15) is 4.79 Å². The van der Waals surface area contributed by atoms with E-state index in [2.05, 4.69) is 28.2 Å². The van der Waals surface area contributed by atoms with Crippen molar-refractivity contribution in [2.24, 2.45) is 11.8 Å². The number of carbonyl (C=O) groups is 1. The Morgan fingerprint density at radius 2 is 1.96 bits per heavy atom. The van der Waals surface area contributed by atoms with Gasteiger partial charge in [-0.25, -0.2) is 0 Å². The van der Waals surface area contributed by atoms with Gasteiger partial charge in [-0.1, -0.05) is 13.0 Å². The molecule has 130 valence electrons. The highest BCUT2D eigenvalue weighted by Crippen LogP contribution is 2.28. The van der Waals surface area contributed by atoms with Crippen LogP contribution in [0.5, 0.6) is 0 Å². The molecule has 2 fully saturated rings. The van der Waals surface area contributed by atoms with E-state index in [4.69, 9.17) is 0 Å². The zero-order valence-electron chi connectivity index (χ0n) is 13.6. The number of fused-ring (bicyclic) bond motifs is 1. The summed E-state index contributed by atoms with van der Waals surface area (Å²) < 4.78 is 0. The van der Waals surface area contributed by atoms with Crippen LogP contribution in [0.4, 0.5) is 0 Å². The van der Waals surface area contributed by atoms with Crippen molar-refractivity contribution in [1.29, 1.82) is 0 Å². The van der Waals surface area contributed by atoms with E-state index in [0.717, 1.165) is 56.4 Å². The summed E-state index contributed by atoms with van der Waals surface area (Å²) in [6, 6.07) is 4.00. The fraction of sp³-hybridized carbons (Fsp3) is 0.647. The maximum absolute atomic E-state index is 12.5. The smallest absolute Gasteiger partial charge is 0.223 e.